The number of fused-ring (bicyclic) bond motifs is 1. The highest BCUT2D eigenvalue weighted by Gasteiger charge is 2.28. The Hall–Kier alpha value is -1.92. The van der Waals surface area contributed by atoms with E-state index in [0.29, 0.717) is 5.56 Å². The van der Waals surface area contributed by atoms with Crippen LogP contribution in [-0.4, -0.2) is 71.2 Å². The van der Waals surface area contributed by atoms with Crippen molar-refractivity contribution >= 4 is 16.8 Å². The number of hydrogen-bond donors (Lipinski definition) is 2. The number of carbonyl (C=O) groups is 1. The van der Waals surface area contributed by atoms with Gasteiger partial charge >= 0.3 is 0 Å². The highest BCUT2D eigenvalue weighted by atomic mass is 16.1. The average molecular weight is 341 g/mol. The van der Waals surface area contributed by atoms with Crippen molar-refractivity contribution in [3.63, 3.8) is 0 Å². The molecule has 6 nitrogen and oxygen atoms in total. The first kappa shape index (κ1) is 16.5. The van der Waals surface area contributed by atoms with E-state index in [2.05, 4.69) is 32.4 Å². The average Bonchev–Trinajstić information content (AvgIpc) is 3.11. The molecule has 1 aromatic heterocycles. The molecular weight excluding hydrogens is 314 g/mol. The summed E-state index contributed by atoms with van der Waals surface area (Å²) in [6, 6.07) is 6.71. The number of piperidine rings is 2. The van der Waals surface area contributed by atoms with Gasteiger partial charge in [-0.3, -0.25) is 9.89 Å². The van der Waals surface area contributed by atoms with E-state index in [1.807, 2.05) is 18.2 Å². The number of rotatable bonds is 3. The Morgan fingerprint density at radius 2 is 1.92 bits per heavy atom. The van der Waals surface area contributed by atoms with Crippen LogP contribution < -0.4 is 5.32 Å². The Balaban J connectivity index is 1.30. The molecule has 0 atom stereocenters. The standard InChI is InChI=1S/C19H27N5O/c1-23-8-6-17(7-9-23)24-10-4-16(5-11-24)21-19(25)14-2-3-18-15(12-14)13-20-22-18/h2-3,12-13,16-17H,4-11H2,1H3,(H,20,22)(H,21,25). The lowest BCUT2D eigenvalue weighted by Gasteiger charge is -2.41. The van der Waals surface area contributed by atoms with Crippen molar-refractivity contribution in [2.75, 3.05) is 33.2 Å². The van der Waals surface area contributed by atoms with Gasteiger partial charge in [0.15, 0.2) is 0 Å². The Bertz CT molecular complexity index is 726. The summed E-state index contributed by atoms with van der Waals surface area (Å²) in [7, 11) is 2.21. The number of nitrogens with one attached hydrogen (secondary N) is 2. The maximum atomic E-state index is 12.5. The van der Waals surface area contributed by atoms with Gasteiger partial charge in [0.05, 0.1) is 11.7 Å². The molecule has 2 aliphatic rings. The third-order valence-corrected chi connectivity index (χ3v) is 5.77. The van der Waals surface area contributed by atoms with Gasteiger partial charge in [-0.1, -0.05) is 0 Å². The van der Waals surface area contributed by atoms with Crippen LogP contribution in [0.1, 0.15) is 36.0 Å². The molecule has 2 aromatic rings. The van der Waals surface area contributed by atoms with Crippen LogP contribution in [0, 0.1) is 0 Å². The fourth-order valence-electron chi connectivity index (χ4n) is 4.12. The van der Waals surface area contributed by atoms with Gasteiger partial charge < -0.3 is 15.1 Å². The maximum absolute atomic E-state index is 12.5. The number of likely N-dealkylation sites (tertiary alicyclic amines) is 2. The van der Waals surface area contributed by atoms with Crippen LogP contribution in [0.15, 0.2) is 24.4 Å². The van der Waals surface area contributed by atoms with Gasteiger partial charge in [-0.05, 0) is 64.0 Å². The van der Waals surface area contributed by atoms with E-state index in [1.165, 1.54) is 25.9 Å². The fraction of sp³-hybridized carbons (Fsp3) is 0.579. The smallest absolute Gasteiger partial charge is 0.251 e. The topological polar surface area (TPSA) is 64.3 Å². The van der Waals surface area contributed by atoms with E-state index in [9.17, 15) is 4.79 Å². The summed E-state index contributed by atoms with van der Waals surface area (Å²) < 4.78 is 0. The molecular formula is C19H27N5O. The summed E-state index contributed by atoms with van der Waals surface area (Å²) in [5.74, 6) is 0.0286. The number of nitrogens with zero attached hydrogens (tertiary/aromatic N) is 3. The number of hydrogen-bond acceptors (Lipinski definition) is 4. The van der Waals surface area contributed by atoms with Crippen LogP contribution in [0.5, 0.6) is 0 Å². The zero-order valence-electron chi connectivity index (χ0n) is 14.9. The second-order valence-electron chi connectivity index (χ2n) is 7.49. The summed E-state index contributed by atoms with van der Waals surface area (Å²) in [6.07, 6.45) is 6.40. The van der Waals surface area contributed by atoms with Crippen LogP contribution in [-0.2, 0) is 0 Å². The minimum Gasteiger partial charge on any atom is -0.349 e. The van der Waals surface area contributed by atoms with Gasteiger partial charge in [0.25, 0.3) is 5.91 Å². The molecule has 0 radical (unpaired) electrons. The number of amides is 1. The number of benzene rings is 1. The fourth-order valence-corrected chi connectivity index (χ4v) is 4.12. The molecule has 4 rings (SSSR count). The third-order valence-electron chi connectivity index (χ3n) is 5.77. The number of aromatic nitrogens is 2. The van der Waals surface area contributed by atoms with E-state index in [0.717, 1.165) is 42.9 Å². The van der Waals surface area contributed by atoms with Gasteiger partial charge in [0, 0.05) is 36.1 Å². The highest BCUT2D eigenvalue weighted by molar-refractivity contribution is 5.98. The van der Waals surface area contributed by atoms with Gasteiger partial charge in [0.2, 0.25) is 0 Å². The molecule has 3 heterocycles. The molecule has 134 valence electrons. The van der Waals surface area contributed by atoms with Crippen molar-refractivity contribution in [1.29, 1.82) is 0 Å². The van der Waals surface area contributed by atoms with Gasteiger partial charge in [-0.25, -0.2) is 0 Å². The molecule has 0 unspecified atom stereocenters. The van der Waals surface area contributed by atoms with Crippen LogP contribution in [0.2, 0.25) is 0 Å². The van der Waals surface area contributed by atoms with E-state index in [4.69, 9.17) is 0 Å². The molecule has 1 amide bonds. The van der Waals surface area contributed by atoms with Crippen LogP contribution in [0.3, 0.4) is 0 Å². The zero-order valence-corrected chi connectivity index (χ0v) is 14.9. The van der Waals surface area contributed by atoms with E-state index >= 15 is 0 Å². The Morgan fingerprint density at radius 1 is 1.16 bits per heavy atom. The van der Waals surface area contributed by atoms with Crippen molar-refractivity contribution in [2.45, 2.75) is 37.8 Å². The minimum absolute atomic E-state index is 0.0286. The van der Waals surface area contributed by atoms with Gasteiger partial charge in [-0.15, -0.1) is 0 Å². The molecule has 2 N–H and O–H groups in total. The molecule has 2 fully saturated rings. The van der Waals surface area contributed by atoms with Crippen molar-refractivity contribution < 1.29 is 4.79 Å². The van der Waals surface area contributed by atoms with Crippen LogP contribution >= 0.6 is 0 Å². The first-order valence-electron chi connectivity index (χ1n) is 9.35. The van der Waals surface area contributed by atoms with Gasteiger partial charge in [-0.2, -0.15) is 5.10 Å². The second kappa shape index (κ2) is 7.14. The molecule has 2 saturated heterocycles. The molecule has 0 aliphatic carbocycles. The summed E-state index contributed by atoms with van der Waals surface area (Å²) in [5, 5.41) is 11.1. The number of carbonyl (C=O) groups excluding carboxylic acids is 1. The van der Waals surface area contributed by atoms with E-state index < -0.39 is 0 Å². The Morgan fingerprint density at radius 3 is 2.68 bits per heavy atom. The first-order valence-corrected chi connectivity index (χ1v) is 9.35. The second-order valence-corrected chi connectivity index (χ2v) is 7.49. The van der Waals surface area contributed by atoms with Crippen molar-refractivity contribution in [3.05, 3.63) is 30.0 Å². The SMILES string of the molecule is CN1CCC(N2CCC(NC(=O)c3ccc4[nH]ncc4c3)CC2)CC1. The number of aromatic amines is 1. The van der Waals surface area contributed by atoms with Crippen molar-refractivity contribution in [2.24, 2.45) is 0 Å². The van der Waals surface area contributed by atoms with Crippen molar-refractivity contribution in [1.82, 2.24) is 25.3 Å². The first-order chi connectivity index (χ1) is 12.2. The predicted molar refractivity (Wildman–Crippen MR) is 98.7 cm³/mol. The number of H-pyrrole nitrogens is 1. The van der Waals surface area contributed by atoms with Crippen LogP contribution in [0.4, 0.5) is 0 Å². The van der Waals surface area contributed by atoms with Crippen LogP contribution in [0.25, 0.3) is 10.9 Å². The molecule has 0 spiro atoms. The van der Waals surface area contributed by atoms with E-state index in [-0.39, 0.29) is 11.9 Å². The molecule has 6 heteroatoms. The summed E-state index contributed by atoms with van der Waals surface area (Å²) >= 11 is 0. The zero-order chi connectivity index (χ0) is 17.2. The third kappa shape index (κ3) is 3.70. The molecule has 1 aromatic carbocycles. The maximum Gasteiger partial charge on any atom is 0.251 e. The Kier molecular flexibility index (Phi) is 4.72. The van der Waals surface area contributed by atoms with Crippen molar-refractivity contribution in [3.8, 4) is 0 Å². The van der Waals surface area contributed by atoms with Gasteiger partial charge in [0.1, 0.15) is 0 Å². The predicted octanol–water partition coefficient (Wildman–Crippen LogP) is 1.85. The normalized spacial score (nSPS) is 21.6. The summed E-state index contributed by atoms with van der Waals surface area (Å²) in [5.41, 5.74) is 1.68. The quantitative estimate of drug-likeness (QED) is 0.894. The molecule has 0 bridgehead atoms. The Labute approximate surface area is 148 Å². The summed E-state index contributed by atoms with van der Waals surface area (Å²) in [6.45, 7) is 4.61. The lowest BCUT2D eigenvalue weighted by atomic mass is 9.98. The van der Waals surface area contributed by atoms with E-state index in [1.54, 1.807) is 6.20 Å². The highest BCUT2D eigenvalue weighted by Crippen LogP contribution is 2.21. The minimum atomic E-state index is 0.0286. The monoisotopic (exact) mass is 341 g/mol. The molecule has 25 heavy (non-hydrogen) atoms. The molecule has 2 aliphatic heterocycles. The molecule has 0 saturated carbocycles. The lowest BCUT2D eigenvalue weighted by Crippen LogP contribution is -2.50. The largest absolute Gasteiger partial charge is 0.349 e. The summed E-state index contributed by atoms with van der Waals surface area (Å²) in [4.78, 5) is 17.6. The lowest BCUT2D eigenvalue weighted by molar-refractivity contribution is 0.0807.